The fraction of sp³-hybridized carbons (Fsp3) is 0.800. The first kappa shape index (κ1) is 14.0. The van der Waals surface area contributed by atoms with Gasteiger partial charge in [0.2, 0.25) is 0 Å². The molecule has 3 heteroatoms. The molecule has 1 aliphatic rings. The van der Waals surface area contributed by atoms with Gasteiger partial charge in [0.1, 0.15) is 5.82 Å². The normalized spacial score (nSPS) is 17.6. The maximum absolute atomic E-state index is 4.76. The van der Waals surface area contributed by atoms with E-state index >= 15 is 0 Å². The lowest BCUT2D eigenvalue weighted by molar-refractivity contribution is 0.235. The number of rotatable bonds is 3. The van der Waals surface area contributed by atoms with E-state index in [-0.39, 0.29) is 0 Å². The Kier molecular flexibility index (Phi) is 4.10. The molecule has 0 bridgehead atoms. The monoisotopic (exact) mass is 266 g/mol. The van der Waals surface area contributed by atoms with E-state index in [2.05, 4.69) is 44.9 Å². The summed E-state index contributed by atoms with van der Waals surface area (Å²) in [5.74, 6) is 2.73. The van der Waals surface area contributed by atoms with E-state index in [4.69, 9.17) is 4.98 Å². The van der Waals surface area contributed by atoms with Crippen molar-refractivity contribution in [3.05, 3.63) is 17.2 Å². The molecule has 0 amide bonds. The third kappa shape index (κ3) is 2.76. The maximum Gasteiger partial charge on any atom is 0.106 e. The van der Waals surface area contributed by atoms with Crippen LogP contribution in [-0.4, -0.2) is 15.3 Å². The van der Waals surface area contributed by atoms with Crippen LogP contribution in [0.15, 0.2) is 0 Å². The minimum Gasteiger partial charge on any atom is -0.332 e. The Balaban J connectivity index is 2.25. The number of nitrogens with zero attached hydrogens (tertiary/aromatic N) is 2. The van der Waals surface area contributed by atoms with E-state index in [0.717, 1.165) is 12.3 Å². The molecule has 2 nitrogen and oxygen atoms in total. The zero-order valence-corrected chi connectivity index (χ0v) is 13.1. The number of hydrogen-bond donors (Lipinski definition) is 1. The third-order valence-electron chi connectivity index (χ3n) is 4.27. The van der Waals surface area contributed by atoms with Crippen molar-refractivity contribution >= 4 is 12.6 Å². The molecule has 0 aliphatic heterocycles. The van der Waals surface area contributed by atoms with Crippen LogP contribution in [0.5, 0.6) is 0 Å². The quantitative estimate of drug-likeness (QED) is 0.827. The molecule has 102 valence electrons. The molecule has 18 heavy (non-hydrogen) atoms. The van der Waals surface area contributed by atoms with E-state index < -0.39 is 0 Å². The Morgan fingerprint density at radius 2 is 1.94 bits per heavy atom. The maximum atomic E-state index is 4.76. The number of aromatic nitrogens is 2. The second-order valence-corrected chi connectivity index (χ2v) is 6.98. The predicted octanol–water partition coefficient (Wildman–Crippen LogP) is 3.66. The van der Waals surface area contributed by atoms with E-state index in [9.17, 15) is 0 Å². The molecule has 1 aromatic heterocycles. The Morgan fingerprint density at radius 3 is 2.56 bits per heavy atom. The fourth-order valence-corrected chi connectivity index (χ4v) is 3.47. The van der Waals surface area contributed by atoms with Crippen LogP contribution < -0.4 is 0 Å². The SMILES string of the molecule is Cc1nc2c(n1CC(CS)C(C)(C)C)CCCC2. The molecule has 1 unspecified atom stereocenters. The van der Waals surface area contributed by atoms with Crippen LogP contribution in [0.25, 0.3) is 0 Å². The standard InChI is InChI=1S/C15H26N2S/c1-11-16-13-7-5-6-8-14(13)17(11)9-12(10-18)15(2,3)4/h12,18H,5-10H2,1-4H3. The van der Waals surface area contributed by atoms with Crippen LogP contribution in [0.3, 0.4) is 0 Å². The highest BCUT2D eigenvalue weighted by Gasteiger charge is 2.26. The van der Waals surface area contributed by atoms with E-state index in [1.54, 1.807) is 0 Å². The van der Waals surface area contributed by atoms with Crippen LogP contribution in [0.2, 0.25) is 0 Å². The van der Waals surface area contributed by atoms with Crippen LogP contribution in [-0.2, 0) is 19.4 Å². The lowest BCUT2D eigenvalue weighted by Crippen LogP contribution is -2.28. The first-order chi connectivity index (χ1) is 8.43. The summed E-state index contributed by atoms with van der Waals surface area (Å²) in [7, 11) is 0. The molecule has 1 aromatic rings. The highest BCUT2D eigenvalue weighted by atomic mass is 32.1. The second-order valence-electron chi connectivity index (χ2n) is 6.62. The molecule has 0 N–H and O–H groups in total. The van der Waals surface area contributed by atoms with Crippen molar-refractivity contribution in [3.63, 3.8) is 0 Å². The summed E-state index contributed by atoms with van der Waals surface area (Å²) in [5.41, 5.74) is 3.15. The number of fused-ring (bicyclic) bond motifs is 1. The summed E-state index contributed by atoms with van der Waals surface area (Å²) in [5, 5.41) is 0. The molecule has 0 fully saturated rings. The molecule has 0 saturated carbocycles. The van der Waals surface area contributed by atoms with Crippen molar-refractivity contribution in [2.45, 2.75) is 59.9 Å². The lowest BCUT2D eigenvalue weighted by Gasteiger charge is -2.31. The Morgan fingerprint density at radius 1 is 1.28 bits per heavy atom. The minimum absolute atomic E-state index is 0.306. The van der Waals surface area contributed by atoms with Crippen LogP contribution >= 0.6 is 12.6 Å². The molecule has 2 rings (SSSR count). The van der Waals surface area contributed by atoms with E-state index in [1.165, 1.54) is 42.9 Å². The number of hydrogen-bond acceptors (Lipinski definition) is 2. The van der Waals surface area contributed by atoms with Crippen molar-refractivity contribution in [3.8, 4) is 0 Å². The van der Waals surface area contributed by atoms with Gasteiger partial charge in [-0.15, -0.1) is 0 Å². The first-order valence-corrected chi connectivity index (χ1v) is 7.72. The van der Waals surface area contributed by atoms with Crippen LogP contribution in [0, 0.1) is 18.3 Å². The van der Waals surface area contributed by atoms with Gasteiger partial charge >= 0.3 is 0 Å². The zero-order chi connectivity index (χ0) is 13.3. The first-order valence-electron chi connectivity index (χ1n) is 7.09. The van der Waals surface area contributed by atoms with Gasteiger partial charge in [-0.3, -0.25) is 0 Å². The van der Waals surface area contributed by atoms with Gasteiger partial charge in [0.05, 0.1) is 5.69 Å². The summed E-state index contributed by atoms with van der Waals surface area (Å²) in [6, 6.07) is 0. The Bertz CT molecular complexity index is 415. The molecule has 1 heterocycles. The third-order valence-corrected chi connectivity index (χ3v) is 4.71. The summed E-state index contributed by atoms with van der Waals surface area (Å²) < 4.78 is 2.46. The molecular weight excluding hydrogens is 240 g/mol. The van der Waals surface area contributed by atoms with Gasteiger partial charge in [0.15, 0.2) is 0 Å². The fourth-order valence-electron chi connectivity index (χ4n) is 2.80. The summed E-state index contributed by atoms with van der Waals surface area (Å²) in [6.45, 7) is 10.2. The Labute approximate surface area is 117 Å². The van der Waals surface area contributed by atoms with E-state index in [1.807, 2.05) is 0 Å². The Hall–Kier alpha value is -0.440. The van der Waals surface area contributed by atoms with Gasteiger partial charge in [-0.1, -0.05) is 20.8 Å². The predicted molar refractivity (Wildman–Crippen MR) is 80.4 cm³/mol. The van der Waals surface area contributed by atoms with Gasteiger partial charge in [-0.05, 0) is 49.7 Å². The topological polar surface area (TPSA) is 17.8 Å². The van der Waals surface area contributed by atoms with Crippen molar-refractivity contribution in [1.29, 1.82) is 0 Å². The van der Waals surface area contributed by atoms with Crippen molar-refractivity contribution in [2.24, 2.45) is 11.3 Å². The van der Waals surface area contributed by atoms with Crippen molar-refractivity contribution in [1.82, 2.24) is 9.55 Å². The second kappa shape index (κ2) is 5.28. The van der Waals surface area contributed by atoms with Gasteiger partial charge in [-0.25, -0.2) is 4.98 Å². The highest BCUT2D eigenvalue weighted by molar-refractivity contribution is 7.80. The van der Waals surface area contributed by atoms with Crippen molar-refractivity contribution in [2.75, 3.05) is 5.75 Å². The van der Waals surface area contributed by atoms with E-state index in [0.29, 0.717) is 11.3 Å². The largest absolute Gasteiger partial charge is 0.332 e. The van der Waals surface area contributed by atoms with Gasteiger partial charge < -0.3 is 4.57 Å². The van der Waals surface area contributed by atoms with Gasteiger partial charge in [0.25, 0.3) is 0 Å². The highest BCUT2D eigenvalue weighted by Crippen LogP contribution is 2.31. The summed E-state index contributed by atoms with van der Waals surface area (Å²) in [6.07, 6.45) is 5.00. The smallest absolute Gasteiger partial charge is 0.106 e. The summed E-state index contributed by atoms with van der Waals surface area (Å²) >= 11 is 4.55. The van der Waals surface area contributed by atoms with Crippen molar-refractivity contribution < 1.29 is 0 Å². The number of aryl methyl sites for hydroxylation is 2. The van der Waals surface area contributed by atoms with Crippen LogP contribution in [0.4, 0.5) is 0 Å². The average molecular weight is 266 g/mol. The molecule has 1 aliphatic carbocycles. The molecule has 0 saturated heterocycles. The molecule has 0 spiro atoms. The lowest BCUT2D eigenvalue weighted by atomic mass is 9.81. The van der Waals surface area contributed by atoms with Crippen LogP contribution in [0.1, 0.15) is 50.8 Å². The average Bonchev–Trinajstić information content (AvgIpc) is 2.60. The number of thiol groups is 1. The number of imidazole rings is 1. The van der Waals surface area contributed by atoms with Gasteiger partial charge in [-0.2, -0.15) is 12.6 Å². The summed E-state index contributed by atoms with van der Waals surface area (Å²) in [4.78, 5) is 4.76. The van der Waals surface area contributed by atoms with Gasteiger partial charge in [0, 0.05) is 12.2 Å². The minimum atomic E-state index is 0.306. The molecule has 1 atom stereocenters. The molecule has 0 radical (unpaired) electrons. The molecular formula is C15H26N2S. The molecule has 0 aromatic carbocycles. The zero-order valence-electron chi connectivity index (χ0n) is 12.2.